The van der Waals surface area contributed by atoms with Crippen molar-refractivity contribution in [3.8, 4) is 11.5 Å². The van der Waals surface area contributed by atoms with Gasteiger partial charge in [-0.15, -0.1) is 0 Å². The lowest BCUT2D eigenvalue weighted by atomic mass is 10.2. The predicted octanol–water partition coefficient (Wildman–Crippen LogP) is 3.12. The maximum atomic E-state index is 12.3. The van der Waals surface area contributed by atoms with E-state index in [-0.39, 0.29) is 30.9 Å². The van der Waals surface area contributed by atoms with Gasteiger partial charge in [0, 0.05) is 30.2 Å². The minimum atomic E-state index is -3.16. The number of benzene rings is 2. The lowest BCUT2D eigenvalue weighted by Gasteiger charge is -2.12. The van der Waals surface area contributed by atoms with E-state index < -0.39 is 9.84 Å². The van der Waals surface area contributed by atoms with Crippen LogP contribution >= 0.6 is 11.6 Å². The molecule has 12 heteroatoms. The average molecular weight is 490 g/mol. The molecule has 2 aromatic carbocycles. The van der Waals surface area contributed by atoms with Crippen molar-refractivity contribution < 1.29 is 22.7 Å². The van der Waals surface area contributed by atoms with Gasteiger partial charge in [-0.2, -0.15) is 4.98 Å². The second-order valence-corrected chi connectivity index (χ2v) is 9.81. The lowest BCUT2D eigenvalue weighted by Crippen LogP contribution is -2.28. The molecule has 0 spiro atoms. The summed E-state index contributed by atoms with van der Waals surface area (Å²) in [5, 5.41) is 9.20. The fourth-order valence-corrected chi connectivity index (χ4v) is 3.67. The second kappa shape index (κ2) is 9.51. The van der Waals surface area contributed by atoms with Crippen LogP contribution in [-0.2, 0) is 9.84 Å². The zero-order valence-electron chi connectivity index (χ0n) is 17.5. The quantitative estimate of drug-likeness (QED) is 0.436. The highest BCUT2D eigenvalue weighted by Crippen LogP contribution is 2.44. The first kappa shape index (κ1) is 22.6. The Bertz CT molecular complexity index is 1300. The van der Waals surface area contributed by atoms with Crippen LogP contribution in [0.25, 0.3) is 0 Å². The largest absolute Gasteiger partial charge is 0.454 e. The van der Waals surface area contributed by atoms with E-state index in [0.717, 1.165) is 6.26 Å². The number of hydrogen-bond acceptors (Lipinski definition) is 9. The number of halogens is 1. The molecule has 0 saturated carbocycles. The van der Waals surface area contributed by atoms with E-state index in [4.69, 9.17) is 21.1 Å². The van der Waals surface area contributed by atoms with Gasteiger partial charge in [-0.1, -0.05) is 17.7 Å². The van der Waals surface area contributed by atoms with E-state index in [1.54, 1.807) is 48.7 Å². The molecule has 10 nitrogen and oxygen atoms in total. The summed E-state index contributed by atoms with van der Waals surface area (Å²) in [5.74, 6) is 1.33. The van der Waals surface area contributed by atoms with Crippen LogP contribution < -0.4 is 25.4 Å². The molecular weight excluding hydrogens is 470 g/mol. The van der Waals surface area contributed by atoms with E-state index in [1.165, 1.54) is 0 Å². The summed E-state index contributed by atoms with van der Waals surface area (Å²) >= 11 is 6.31. The van der Waals surface area contributed by atoms with Gasteiger partial charge in [-0.05, 0) is 36.4 Å². The van der Waals surface area contributed by atoms with Crippen molar-refractivity contribution in [2.75, 3.05) is 36.0 Å². The van der Waals surface area contributed by atoms with Crippen molar-refractivity contribution in [1.29, 1.82) is 0 Å². The number of amides is 1. The Kier molecular flexibility index (Phi) is 6.52. The molecule has 3 aromatic rings. The molecule has 172 valence electrons. The molecule has 1 aromatic heterocycles. The van der Waals surface area contributed by atoms with Gasteiger partial charge >= 0.3 is 0 Å². The van der Waals surface area contributed by atoms with E-state index in [2.05, 4.69) is 25.9 Å². The molecule has 33 heavy (non-hydrogen) atoms. The van der Waals surface area contributed by atoms with Gasteiger partial charge in [-0.3, -0.25) is 4.79 Å². The molecule has 0 saturated heterocycles. The normalized spacial score (nSPS) is 12.3. The molecule has 0 atom stereocenters. The number of fused-ring (bicyclic) bond motifs is 1. The molecule has 4 rings (SSSR count). The van der Waals surface area contributed by atoms with Gasteiger partial charge in [0.05, 0.1) is 10.8 Å². The van der Waals surface area contributed by atoms with Gasteiger partial charge in [0.25, 0.3) is 5.91 Å². The number of carbonyl (C=O) groups excluding carboxylic acids is 1. The summed E-state index contributed by atoms with van der Waals surface area (Å²) in [6.07, 6.45) is 2.68. The monoisotopic (exact) mass is 489 g/mol. The molecule has 0 unspecified atom stereocenters. The molecule has 2 heterocycles. The molecule has 0 fully saturated rings. The summed E-state index contributed by atoms with van der Waals surface area (Å²) in [6, 6.07) is 11.8. The van der Waals surface area contributed by atoms with Gasteiger partial charge in [0.1, 0.15) is 21.3 Å². The minimum Gasteiger partial charge on any atom is -0.454 e. The number of sulfone groups is 1. The maximum Gasteiger partial charge on any atom is 0.251 e. The number of hydrogen-bond donors (Lipinski definition) is 3. The molecule has 0 aliphatic carbocycles. The van der Waals surface area contributed by atoms with Crippen LogP contribution in [0.5, 0.6) is 11.5 Å². The van der Waals surface area contributed by atoms with Gasteiger partial charge < -0.3 is 25.4 Å². The summed E-state index contributed by atoms with van der Waals surface area (Å²) in [7, 11) is -3.16. The van der Waals surface area contributed by atoms with Crippen LogP contribution in [-0.4, -0.2) is 49.6 Å². The number of aromatic nitrogens is 2. The second-order valence-electron chi connectivity index (χ2n) is 7.14. The van der Waals surface area contributed by atoms with Crippen LogP contribution in [0, 0.1) is 0 Å². The third kappa shape index (κ3) is 5.82. The first-order valence-corrected chi connectivity index (χ1v) is 12.2. The summed E-state index contributed by atoms with van der Waals surface area (Å²) in [5.41, 5.74) is 1.48. The first-order valence-electron chi connectivity index (χ1n) is 9.80. The van der Waals surface area contributed by atoms with E-state index in [0.29, 0.717) is 39.3 Å². The zero-order chi connectivity index (χ0) is 23.4. The Morgan fingerprint density at radius 2 is 2.00 bits per heavy atom. The van der Waals surface area contributed by atoms with E-state index >= 15 is 0 Å². The van der Waals surface area contributed by atoms with E-state index in [9.17, 15) is 13.2 Å². The number of carbonyl (C=O) groups is 1. The van der Waals surface area contributed by atoms with Gasteiger partial charge in [0.15, 0.2) is 11.5 Å². The summed E-state index contributed by atoms with van der Waals surface area (Å²) in [6.45, 7) is 0.145. The van der Waals surface area contributed by atoms with Crippen molar-refractivity contribution in [2.45, 2.75) is 0 Å². The number of nitrogens with zero attached hydrogens (tertiary/aromatic N) is 2. The van der Waals surface area contributed by atoms with Crippen molar-refractivity contribution in [3.63, 3.8) is 0 Å². The zero-order valence-corrected chi connectivity index (χ0v) is 19.0. The highest BCUT2D eigenvalue weighted by Gasteiger charge is 2.21. The number of ether oxygens (including phenoxy) is 2. The van der Waals surface area contributed by atoms with Gasteiger partial charge in [-0.25, -0.2) is 13.4 Å². The molecule has 1 aliphatic rings. The van der Waals surface area contributed by atoms with Crippen molar-refractivity contribution >= 4 is 50.5 Å². The summed E-state index contributed by atoms with van der Waals surface area (Å²) < 4.78 is 33.3. The third-order valence-electron chi connectivity index (χ3n) is 4.54. The fourth-order valence-electron chi connectivity index (χ4n) is 3.00. The van der Waals surface area contributed by atoms with Crippen molar-refractivity contribution in [3.05, 3.63) is 59.2 Å². The SMILES string of the molecule is CS(=O)(=O)CCNC(=O)c1cccc(Nc2nccc(Nc3c(Cl)ccc4c3OCO4)n2)c1. The highest BCUT2D eigenvalue weighted by atomic mass is 35.5. The van der Waals surface area contributed by atoms with Gasteiger partial charge in [0.2, 0.25) is 12.7 Å². The third-order valence-corrected chi connectivity index (χ3v) is 5.80. The minimum absolute atomic E-state index is 0.0344. The Morgan fingerprint density at radius 1 is 1.15 bits per heavy atom. The highest BCUT2D eigenvalue weighted by molar-refractivity contribution is 7.90. The summed E-state index contributed by atoms with van der Waals surface area (Å²) in [4.78, 5) is 20.9. The van der Waals surface area contributed by atoms with Crippen LogP contribution in [0.1, 0.15) is 10.4 Å². The average Bonchev–Trinajstić information content (AvgIpc) is 3.24. The molecule has 3 N–H and O–H groups in total. The number of nitrogens with one attached hydrogen (secondary N) is 3. The van der Waals surface area contributed by atoms with E-state index in [1.807, 2.05) is 0 Å². The molecule has 1 aliphatic heterocycles. The Labute approximate surface area is 195 Å². The van der Waals surface area contributed by atoms with Crippen molar-refractivity contribution in [1.82, 2.24) is 15.3 Å². The van der Waals surface area contributed by atoms with Crippen LogP contribution in [0.2, 0.25) is 5.02 Å². The standard InChI is InChI=1S/C21H20ClN5O5S/c1-33(29,30)10-9-23-20(28)13-3-2-4-14(11-13)25-21-24-8-7-17(27-21)26-18-15(22)5-6-16-19(18)32-12-31-16/h2-8,11H,9-10,12H2,1H3,(H,23,28)(H2,24,25,26,27). The van der Waals surface area contributed by atoms with Crippen LogP contribution in [0.3, 0.4) is 0 Å². The predicted molar refractivity (Wildman–Crippen MR) is 125 cm³/mol. The molecule has 1 amide bonds. The number of rotatable bonds is 8. The molecular formula is C21H20ClN5O5S. The smallest absolute Gasteiger partial charge is 0.251 e. The number of anilines is 4. The Hall–Kier alpha value is -3.57. The molecule has 0 bridgehead atoms. The maximum absolute atomic E-state index is 12.3. The van der Waals surface area contributed by atoms with Crippen molar-refractivity contribution in [2.24, 2.45) is 0 Å². The van der Waals surface area contributed by atoms with Crippen LogP contribution in [0.15, 0.2) is 48.7 Å². The topological polar surface area (TPSA) is 132 Å². The van der Waals surface area contributed by atoms with Crippen LogP contribution in [0.4, 0.5) is 23.1 Å². The first-order chi connectivity index (χ1) is 15.8. The molecule has 0 radical (unpaired) electrons. The Morgan fingerprint density at radius 3 is 2.82 bits per heavy atom. The Balaban J connectivity index is 1.46. The lowest BCUT2D eigenvalue weighted by molar-refractivity contribution is 0.0956. The fraction of sp³-hybridized carbons (Fsp3) is 0.190.